The van der Waals surface area contributed by atoms with E-state index in [1.807, 2.05) is 0 Å². The predicted octanol–water partition coefficient (Wildman–Crippen LogP) is 3.95. The number of amides is 2. The van der Waals surface area contributed by atoms with E-state index in [-0.39, 0.29) is 43.4 Å². The third kappa shape index (κ3) is 3.41. The van der Waals surface area contributed by atoms with Crippen LogP contribution in [0.3, 0.4) is 0 Å². The second-order valence-corrected chi connectivity index (χ2v) is 8.09. The quantitative estimate of drug-likeness (QED) is 0.723. The number of halogens is 5. The molecule has 0 bridgehead atoms. The van der Waals surface area contributed by atoms with Gasteiger partial charge in [-0.15, -0.1) is 0 Å². The molecule has 0 radical (unpaired) electrons. The first-order valence-electron chi connectivity index (χ1n) is 9.63. The fraction of sp³-hybridized carbons (Fsp3) is 0.500. The largest absolute Gasteiger partial charge is 0.416 e. The predicted molar refractivity (Wildman–Crippen MR) is 98.0 cm³/mol. The van der Waals surface area contributed by atoms with Crippen molar-refractivity contribution in [2.24, 2.45) is 5.41 Å². The molecule has 10 heteroatoms. The summed E-state index contributed by atoms with van der Waals surface area (Å²) >= 11 is 0. The van der Waals surface area contributed by atoms with Crippen LogP contribution in [0.5, 0.6) is 0 Å². The van der Waals surface area contributed by atoms with Crippen LogP contribution in [0.4, 0.5) is 22.0 Å². The molecular formula is C20H20F5N3O2. The van der Waals surface area contributed by atoms with Crippen LogP contribution in [-0.4, -0.2) is 46.8 Å². The molecular weight excluding hydrogens is 409 g/mol. The Morgan fingerprint density at radius 3 is 2.53 bits per heavy atom. The molecule has 2 atom stereocenters. The maximum Gasteiger partial charge on any atom is 0.416 e. The van der Waals surface area contributed by atoms with Crippen molar-refractivity contribution in [3.05, 3.63) is 35.5 Å². The van der Waals surface area contributed by atoms with E-state index in [4.69, 9.17) is 0 Å². The molecule has 1 aromatic heterocycles. The van der Waals surface area contributed by atoms with Crippen molar-refractivity contribution in [1.82, 2.24) is 15.2 Å². The number of hydrogen-bond donors (Lipinski definition) is 2. The molecule has 4 rings (SSSR count). The number of likely N-dealkylation sites (tertiary alicyclic amines) is 1. The Balaban J connectivity index is 1.46. The van der Waals surface area contributed by atoms with Gasteiger partial charge in [-0.2, -0.15) is 13.2 Å². The molecule has 5 nitrogen and oxygen atoms in total. The van der Waals surface area contributed by atoms with Gasteiger partial charge in [0.25, 0.3) is 11.8 Å². The molecule has 2 amide bonds. The van der Waals surface area contributed by atoms with Crippen molar-refractivity contribution < 1.29 is 31.5 Å². The van der Waals surface area contributed by atoms with Gasteiger partial charge in [-0.3, -0.25) is 9.59 Å². The molecule has 1 unspecified atom stereocenters. The lowest BCUT2D eigenvalue weighted by Gasteiger charge is -2.23. The second-order valence-electron chi connectivity index (χ2n) is 8.09. The first kappa shape index (κ1) is 20.6. The molecule has 2 N–H and O–H groups in total. The van der Waals surface area contributed by atoms with Crippen LogP contribution >= 0.6 is 0 Å². The number of nitrogens with one attached hydrogen (secondary N) is 2. The number of rotatable bonds is 4. The fourth-order valence-electron chi connectivity index (χ4n) is 4.11. The Labute approximate surface area is 168 Å². The Morgan fingerprint density at radius 2 is 1.97 bits per heavy atom. The SMILES string of the molecule is CC[C@@H](NC(=O)c1cc2cc(C(F)(F)F)ccc2[nH]1)C(=O)N1CCC2(C1)CC2(F)F. The van der Waals surface area contributed by atoms with Crippen molar-refractivity contribution in [2.75, 3.05) is 13.1 Å². The number of alkyl halides is 5. The van der Waals surface area contributed by atoms with Crippen molar-refractivity contribution >= 4 is 22.7 Å². The van der Waals surface area contributed by atoms with Crippen molar-refractivity contribution in [2.45, 2.75) is 44.3 Å². The molecule has 1 aliphatic carbocycles. The highest BCUT2D eigenvalue weighted by atomic mass is 19.4. The Morgan fingerprint density at radius 1 is 1.27 bits per heavy atom. The molecule has 1 aromatic carbocycles. The van der Waals surface area contributed by atoms with Gasteiger partial charge in [-0.05, 0) is 37.1 Å². The van der Waals surface area contributed by atoms with Gasteiger partial charge in [0, 0.05) is 30.4 Å². The summed E-state index contributed by atoms with van der Waals surface area (Å²) in [6.07, 6.45) is -4.23. The summed E-state index contributed by atoms with van der Waals surface area (Å²) in [4.78, 5) is 29.4. The molecule has 162 valence electrons. The number of fused-ring (bicyclic) bond motifs is 1. The Kier molecular flexibility index (Phi) is 4.59. The smallest absolute Gasteiger partial charge is 0.351 e. The fourth-order valence-corrected chi connectivity index (χ4v) is 4.11. The zero-order valence-electron chi connectivity index (χ0n) is 16.1. The van der Waals surface area contributed by atoms with E-state index in [1.165, 1.54) is 17.0 Å². The van der Waals surface area contributed by atoms with E-state index < -0.39 is 40.9 Å². The lowest BCUT2D eigenvalue weighted by atomic mass is 10.1. The Hall–Kier alpha value is -2.65. The number of benzene rings is 1. The molecule has 2 heterocycles. The molecule has 1 spiro atoms. The van der Waals surface area contributed by atoms with Crippen molar-refractivity contribution in [3.63, 3.8) is 0 Å². The zero-order chi connectivity index (χ0) is 21.9. The summed E-state index contributed by atoms with van der Waals surface area (Å²) in [6.45, 7) is 1.87. The monoisotopic (exact) mass is 429 g/mol. The summed E-state index contributed by atoms with van der Waals surface area (Å²) < 4.78 is 65.7. The van der Waals surface area contributed by atoms with Crippen LogP contribution in [0, 0.1) is 5.41 Å². The van der Waals surface area contributed by atoms with Crippen LogP contribution in [0.15, 0.2) is 24.3 Å². The lowest BCUT2D eigenvalue weighted by Crippen LogP contribution is -2.47. The second kappa shape index (κ2) is 6.68. The maximum absolute atomic E-state index is 13.6. The molecule has 2 fully saturated rings. The van der Waals surface area contributed by atoms with Gasteiger partial charge < -0.3 is 15.2 Å². The van der Waals surface area contributed by atoms with Gasteiger partial charge in [-0.25, -0.2) is 8.78 Å². The third-order valence-corrected chi connectivity index (χ3v) is 6.08. The normalized spacial score (nSPS) is 23.7. The molecule has 2 aromatic rings. The van der Waals surface area contributed by atoms with Crippen LogP contribution in [0.2, 0.25) is 0 Å². The van der Waals surface area contributed by atoms with Gasteiger partial charge in [0.2, 0.25) is 5.91 Å². The summed E-state index contributed by atoms with van der Waals surface area (Å²) in [5.41, 5.74) is -1.59. The van der Waals surface area contributed by atoms with E-state index in [0.717, 1.165) is 12.1 Å². The standard InChI is InChI=1S/C20H20F5N3O2/c1-2-13(17(30)28-6-5-18(10-28)9-19(18,21)22)27-16(29)15-8-11-7-12(20(23,24)25)3-4-14(11)26-15/h3-4,7-8,13,26H,2,5-6,9-10H2,1H3,(H,27,29)/t13-,18?/m1/s1. The first-order chi connectivity index (χ1) is 14.0. The number of carbonyl (C=O) groups excluding carboxylic acids is 2. The average Bonchev–Trinajstić information content (AvgIpc) is 3.04. The van der Waals surface area contributed by atoms with E-state index in [9.17, 15) is 31.5 Å². The van der Waals surface area contributed by atoms with Gasteiger partial charge in [-0.1, -0.05) is 6.92 Å². The van der Waals surface area contributed by atoms with Gasteiger partial charge in [0.15, 0.2) is 0 Å². The Bertz CT molecular complexity index is 1020. The molecule has 30 heavy (non-hydrogen) atoms. The van der Waals surface area contributed by atoms with E-state index in [2.05, 4.69) is 10.3 Å². The third-order valence-electron chi connectivity index (χ3n) is 6.08. The van der Waals surface area contributed by atoms with Crippen molar-refractivity contribution in [1.29, 1.82) is 0 Å². The minimum absolute atomic E-state index is 0.0159. The number of aromatic amines is 1. The lowest BCUT2D eigenvalue weighted by molar-refractivity contribution is -0.137. The van der Waals surface area contributed by atoms with Gasteiger partial charge >= 0.3 is 6.18 Å². The van der Waals surface area contributed by atoms with E-state index in [0.29, 0.717) is 5.52 Å². The molecule has 1 saturated heterocycles. The van der Waals surface area contributed by atoms with Crippen LogP contribution in [-0.2, 0) is 11.0 Å². The highest BCUT2D eigenvalue weighted by Gasteiger charge is 2.73. The van der Waals surface area contributed by atoms with Crippen LogP contribution in [0.25, 0.3) is 10.9 Å². The number of H-pyrrole nitrogens is 1. The van der Waals surface area contributed by atoms with Crippen LogP contribution in [0.1, 0.15) is 42.2 Å². The number of hydrogen-bond acceptors (Lipinski definition) is 2. The zero-order valence-corrected chi connectivity index (χ0v) is 16.1. The minimum Gasteiger partial charge on any atom is -0.351 e. The summed E-state index contributed by atoms with van der Waals surface area (Å²) in [5.74, 6) is -3.82. The topological polar surface area (TPSA) is 65.2 Å². The summed E-state index contributed by atoms with van der Waals surface area (Å²) in [6, 6.07) is 3.46. The summed E-state index contributed by atoms with van der Waals surface area (Å²) in [5, 5.41) is 2.78. The minimum atomic E-state index is -4.50. The number of carbonyl (C=O) groups is 2. The highest BCUT2D eigenvalue weighted by Crippen LogP contribution is 2.65. The molecule has 2 aliphatic rings. The first-order valence-corrected chi connectivity index (χ1v) is 9.63. The van der Waals surface area contributed by atoms with Gasteiger partial charge in [0.1, 0.15) is 11.7 Å². The van der Waals surface area contributed by atoms with Gasteiger partial charge in [0.05, 0.1) is 11.0 Å². The van der Waals surface area contributed by atoms with E-state index >= 15 is 0 Å². The number of nitrogens with zero attached hydrogens (tertiary/aromatic N) is 1. The average molecular weight is 429 g/mol. The highest BCUT2D eigenvalue weighted by molar-refractivity contribution is 6.00. The van der Waals surface area contributed by atoms with Crippen LogP contribution < -0.4 is 5.32 Å². The number of aromatic nitrogens is 1. The molecule has 1 aliphatic heterocycles. The summed E-state index contributed by atoms with van der Waals surface area (Å²) in [7, 11) is 0. The van der Waals surface area contributed by atoms with Crippen molar-refractivity contribution in [3.8, 4) is 0 Å². The maximum atomic E-state index is 13.6. The molecule has 1 saturated carbocycles. The van der Waals surface area contributed by atoms with E-state index in [1.54, 1.807) is 6.92 Å².